The highest BCUT2D eigenvalue weighted by Gasteiger charge is 2.49. The predicted molar refractivity (Wildman–Crippen MR) is 117 cm³/mol. The van der Waals surface area contributed by atoms with Crippen LogP contribution >= 0.6 is 0 Å². The fraction of sp³-hybridized carbons (Fsp3) is 0.417. The third-order valence-corrected chi connectivity index (χ3v) is 6.41. The maximum Gasteiger partial charge on any atom is 0.310 e. The van der Waals surface area contributed by atoms with Crippen molar-refractivity contribution in [3.05, 3.63) is 41.0 Å². The van der Waals surface area contributed by atoms with Crippen LogP contribution in [0.2, 0.25) is 0 Å². The van der Waals surface area contributed by atoms with Crippen LogP contribution in [0.5, 0.6) is 28.7 Å². The molecular formula is C24H25NO8. The molecule has 0 aromatic heterocycles. The molecule has 0 amide bonds. The van der Waals surface area contributed by atoms with Crippen LogP contribution in [-0.4, -0.2) is 59.9 Å². The number of esters is 1. The van der Waals surface area contributed by atoms with Crippen LogP contribution < -0.4 is 23.7 Å². The molecule has 9 heteroatoms. The molecule has 3 aliphatic rings. The summed E-state index contributed by atoms with van der Waals surface area (Å²) in [5, 5.41) is 4.28. The van der Waals surface area contributed by atoms with Gasteiger partial charge in [-0.05, 0) is 35.4 Å². The van der Waals surface area contributed by atoms with E-state index in [-0.39, 0.29) is 18.5 Å². The van der Waals surface area contributed by atoms with E-state index in [2.05, 4.69) is 5.16 Å². The van der Waals surface area contributed by atoms with Gasteiger partial charge in [-0.15, -0.1) is 0 Å². The van der Waals surface area contributed by atoms with E-state index in [1.807, 2.05) is 24.3 Å². The number of fused-ring (bicyclic) bond motifs is 4. The summed E-state index contributed by atoms with van der Waals surface area (Å²) in [6, 6.07) is 7.56. The molecule has 0 saturated heterocycles. The zero-order valence-electron chi connectivity index (χ0n) is 18.9. The summed E-state index contributed by atoms with van der Waals surface area (Å²) in [7, 11) is 6.06. The van der Waals surface area contributed by atoms with E-state index < -0.39 is 11.8 Å². The number of carbonyl (C=O) groups excluding carboxylic acids is 1. The SMILES string of the molecule is COC(=O)[C@@H]1[C@H](c2cc(OC)c(OC)c(OC)c2)c2cc3c(cc2C2=NOC[C@H]21)OCCO3. The quantitative estimate of drug-likeness (QED) is 0.636. The lowest BCUT2D eigenvalue weighted by atomic mass is 9.65. The Labute approximate surface area is 191 Å². The minimum atomic E-state index is -0.575. The average molecular weight is 455 g/mol. The second-order valence-electron chi connectivity index (χ2n) is 7.95. The Morgan fingerprint density at radius 1 is 0.939 bits per heavy atom. The first-order valence-corrected chi connectivity index (χ1v) is 10.6. The zero-order valence-corrected chi connectivity index (χ0v) is 18.9. The van der Waals surface area contributed by atoms with Crippen molar-refractivity contribution < 1.29 is 38.1 Å². The van der Waals surface area contributed by atoms with Gasteiger partial charge in [-0.25, -0.2) is 0 Å². The molecule has 3 atom stereocenters. The van der Waals surface area contributed by atoms with Crippen molar-refractivity contribution in [2.45, 2.75) is 5.92 Å². The number of oxime groups is 1. The van der Waals surface area contributed by atoms with E-state index in [9.17, 15) is 4.79 Å². The molecule has 2 aromatic rings. The highest BCUT2D eigenvalue weighted by atomic mass is 16.6. The van der Waals surface area contributed by atoms with Crippen LogP contribution in [-0.2, 0) is 14.4 Å². The molecule has 2 heterocycles. The van der Waals surface area contributed by atoms with Crippen molar-refractivity contribution in [1.29, 1.82) is 0 Å². The molecule has 33 heavy (non-hydrogen) atoms. The summed E-state index contributed by atoms with van der Waals surface area (Å²) in [6.07, 6.45) is 0. The zero-order chi connectivity index (χ0) is 23.1. The number of carbonyl (C=O) groups is 1. The first-order valence-electron chi connectivity index (χ1n) is 10.6. The van der Waals surface area contributed by atoms with Crippen LogP contribution in [0.3, 0.4) is 0 Å². The summed E-state index contributed by atoms with van der Waals surface area (Å²) in [4.78, 5) is 18.6. The molecule has 0 N–H and O–H groups in total. The summed E-state index contributed by atoms with van der Waals surface area (Å²) in [6.45, 7) is 1.21. The number of hydrogen-bond acceptors (Lipinski definition) is 9. The Balaban J connectivity index is 1.77. The number of methoxy groups -OCH3 is 4. The highest BCUT2D eigenvalue weighted by molar-refractivity contribution is 6.08. The molecule has 0 saturated carbocycles. The number of nitrogens with zero attached hydrogens (tertiary/aromatic N) is 1. The lowest BCUT2D eigenvalue weighted by Gasteiger charge is -2.37. The van der Waals surface area contributed by atoms with Crippen molar-refractivity contribution in [3.63, 3.8) is 0 Å². The van der Waals surface area contributed by atoms with Crippen molar-refractivity contribution in [2.24, 2.45) is 17.0 Å². The van der Waals surface area contributed by atoms with Gasteiger partial charge in [-0.2, -0.15) is 0 Å². The van der Waals surface area contributed by atoms with Gasteiger partial charge in [0.05, 0.1) is 46.0 Å². The molecule has 5 rings (SSSR count). The van der Waals surface area contributed by atoms with Gasteiger partial charge in [0.1, 0.15) is 19.8 Å². The van der Waals surface area contributed by atoms with Crippen LogP contribution in [0.25, 0.3) is 0 Å². The molecule has 2 aliphatic heterocycles. The Kier molecular flexibility index (Phi) is 5.39. The number of benzene rings is 2. The van der Waals surface area contributed by atoms with E-state index in [0.29, 0.717) is 47.7 Å². The summed E-state index contributed by atoms with van der Waals surface area (Å²) in [5.41, 5.74) is 3.25. The summed E-state index contributed by atoms with van der Waals surface area (Å²) >= 11 is 0. The van der Waals surface area contributed by atoms with Gasteiger partial charge >= 0.3 is 5.97 Å². The van der Waals surface area contributed by atoms with E-state index in [1.54, 1.807) is 21.3 Å². The highest BCUT2D eigenvalue weighted by Crippen LogP contribution is 2.51. The molecule has 2 aromatic carbocycles. The van der Waals surface area contributed by atoms with Crippen LogP contribution in [0.15, 0.2) is 29.4 Å². The fourth-order valence-electron chi connectivity index (χ4n) is 4.97. The Hall–Kier alpha value is -3.62. The minimum Gasteiger partial charge on any atom is -0.493 e. The van der Waals surface area contributed by atoms with Gasteiger partial charge in [0.2, 0.25) is 5.75 Å². The van der Waals surface area contributed by atoms with Gasteiger partial charge in [-0.3, -0.25) is 4.79 Å². The van der Waals surface area contributed by atoms with E-state index >= 15 is 0 Å². The minimum absolute atomic E-state index is 0.281. The molecule has 9 nitrogen and oxygen atoms in total. The molecular weight excluding hydrogens is 430 g/mol. The first kappa shape index (κ1) is 21.2. The Morgan fingerprint density at radius 3 is 2.21 bits per heavy atom. The fourth-order valence-corrected chi connectivity index (χ4v) is 4.97. The van der Waals surface area contributed by atoms with Gasteiger partial charge in [0.15, 0.2) is 23.0 Å². The molecule has 1 aliphatic carbocycles. The van der Waals surface area contributed by atoms with Gasteiger partial charge in [-0.1, -0.05) is 5.16 Å². The van der Waals surface area contributed by atoms with Gasteiger partial charge in [0.25, 0.3) is 0 Å². The lowest BCUT2D eigenvalue weighted by molar-refractivity contribution is -0.147. The van der Waals surface area contributed by atoms with Crippen molar-refractivity contribution >= 4 is 11.7 Å². The lowest BCUT2D eigenvalue weighted by Crippen LogP contribution is -2.41. The molecule has 0 bridgehead atoms. The smallest absolute Gasteiger partial charge is 0.310 e. The predicted octanol–water partition coefficient (Wildman–Crippen LogP) is 2.77. The standard InChI is InChI=1S/C24H25NO8/c1-27-18-7-12(8-19(28-2)23(18)29-3)20-13-9-16-17(32-6-5-31-16)10-14(13)22-15(11-33-25-22)21(20)24(26)30-4/h7-10,15,20-21H,5-6,11H2,1-4H3/t15-,20+,21-/m0/s1. The normalized spacial score (nSPS) is 22.3. The van der Waals surface area contributed by atoms with Crippen molar-refractivity contribution in [1.82, 2.24) is 0 Å². The van der Waals surface area contributed by atoms with Crippen LogP contribution in [0.1, 0.15) is 22.6 Å². The van der Waals surface area contributed by atoms with Gasteiger partial charge < -0.3 is 33.3 Å². The molecule has 0 spiro atoms. The second-order valence-corrected chi connectivity index (χ2v) is 7.95. The van der Waals surface area contributed by atoms with Crippen molar-refractivity contribution in [2.75, 3.05) is 48.3 Å². The van der Waals surface area contributed by atoms with E-state index in [4.69, 9.17) is 33.3 Å². The van der Waals surface area contributed by atoms with E-state index in [1.165, 1.54) is 7.11 Å². The Morgan fingerprint density at radius 2 is 1.61 bits per heavy atom. The topological polar surface area (TPSA) is 94.0 Å². The molecule has 0 unspecified atom stereocenters. The van der Waals surface area contributed by atoms with Crippen molar-refractivity contribution in [3.8, 4) is 28.7 Å². The second kappa shape index (κ2) is 8.38. The molecule has 174 valence electrons. The molecule has 0 fully saturated rings. The monoisotopic (exact) mass is 455 g/mol. The third-order valence-electron chi connectivity index (χ3n) is 6.41. The number of ether oxygens (including phenoxy) is 6. The first-order chi connectivity index (χ1) is 16.1. The summed E-state index contributed by atoms with van der Waals surface area (Å²) < 4.78 is 33.6. The maximum atomic E-state index is 13.1. The molecule has 0 radical (unpaired) electrons. The van der Waals surface area contributed by atoms with Gasteiger partial charge in [0, 0.05) is 11.5 Å². The Bertz CT molecular complexity index is 1100. The van der Waals surface area contributed by atoms with E-state index in [0.717, 1.165) is 16.7 Å². The maximum absolute atomic E-state index is 13.1. The number of hydrogen-bond donors (Lipinski definition) is 0. The van der Waals surface area contributed by atoms with Crippen LogP contribution in [0, 0.1) is 11.8 Å². The van der Waals surface area contributed by atoms with Crippen LogP contribution in [0.4, 0.5) is 0 Å². The number of rotatable bonds is 5. The largest absolute Gasteiger partial charge is 0.493 e. The third kappa shape index (κ3) is 3.30. The average Bonchev–Trinajstić information content (AvgIpc) is 3.35. The summed E-state index contributed by atoms with van der Waals surface area (Å²) in [5.74, 6) is 1.13.